The fourth-order valence-electron chi connectivity index (χ4n) is 2.18. The molecule has 0 bridgehead atoms. The standard InChI is InChI=1S/C14H21N3O3S/c1-10(20-3)13-15-9-11(21-13)14(19)16(2)7-8-17-6-4-5-12(17)18/h9-10H,4-8H2,1-3H3. The molecule has 1 aliphatic heterocycles. The lowest BCUT2D eigenvalue weighted by molar-refractivity contribution is -0.127. The molecule has 1 unspecified atom stereocenters. The number of carbonyl (C=O) groups excluding carboxylic acids is 2. The minimum Gasteiger partial charge on any atom is -0.375 e. The average Bonchev–Trinajstić information content (AvgIpc) is 3.12. The first-order valence-corrected chi connectivity index (χ1v) is 7.86. The number of hydrogen-bond donors (Lipinski definition) is 0. The van der Waals surface area contributed by atoms with E-state index >= 15 is 0 Å². The lowest BCUT2D eigenvalue weighted by Gasteiger charge is -2.21. The Hall–Kier alpha value is -1.47. The van der Waals surface area contributed by atoms with Gasteiger partial charge in [-0.2, -0.15) is 0 Å². The van der Waals surface area contributed by atoms with Gasteiger partial charge in [-0.1, -0.05) is 0 Å². The van der Waals surface area contributed by atoms with Gasteiger partial charge in [-0.3, -0.25) is 9.59 Å². The Labute approximate surface area is 128 Å². The van der Waals surface area contributed by atoms with Crippen LogP contribution in [0.1, 0.15) is 40.5 Å². The molecule has 7 heteroatoms. The van der Waals surface area contributed by atoms with Gasteiger partial charge in [-0.15, -0.1) is 11.3 Å². The van der Waals surface area contributed by atoms with Crippen LogP contribution in [-0.4, -0.2) is 60.4 Å². The Morgan fingerprint density at radius 1 is 1.62 bits per heavy atom. The number of hydrogen-bond acceptors (Lipinski definition) is 5. The molecule has 1 aliphatic rings. The number of methoxy groups -OCH3 is 1. The van der Waals surface area contributed by atoms with E-state index in [-0.39, 0.29) is 17.9 Å². The Morgan fingerprint density at radius 3 is 3.00 bits per heavy atom. The third-order valence-electron chi connectivity index (χ3n) is 3.66. The van der Waals surface area contributed by atoms with Gasteiger partial charge in [0.1, 0.15) is 16.0 Å². The lowest BCUT2D eigenvalue weighted by atomic mass is 10.4. The van der Waals surface area contributed by atoms with Crippen LogP contribution in [-0.2, 0) is 9.53 Å². The highest BCUT2D eigenvalue weighted by Crippen LogP contribution is 2.22. The largest absolute Gasteiger partial charge is 0.375 e. The Morgan fingerprint density at radius 2 is 2.38 bits per heavy atom. The molecule has 1 fully saturated rings. The van der Waals surface area contributed by atoms with Crippen molar-refractivity contribution >= 4 is 23.2 Å². The Bertz CT molecular complexity index is 517. The molecule has 0 aliphatic carbocycles. The molecule has 0 radical (unpaired) electrons. The van der Waals surface area contributed by atoms with Crippen molar-refractivity contribution in [3.05, 3.63) is 16.1 Å². The van der Waals surface area contributed by atoms with E-state index in [0.717, 1.165) is 18.0 Å². The number of amides is 2. The molecule has 1 atom stereocenters. The smallest absolute Gasteiger partial charge is 0.265 e. The van der Waals surface area contributed by atoms with Gasteiger partial charge in [-0.25, -0.2) is 4.98 Å². The fourth-order valence-corrected chi connectivity index (χ4v) is 3.12. The van der Waals surface area contributed by atoms with E-state index < -0.39 is 0 Å². The number of carbonyl (C=O) groups is 2. The van der Waals surface area contributed by atoms with Crippen molar-refractivity contribution in [2.75, 3.05) is 33.8 Å². The average molecular weight is 311 g/mol. The van der Waals surface area contributed by atoms with E-state index in [4.69, 9.17) is 4.74 Å². The summed E-state index contributed by atoms with van der Waals surface area (Å²) >= 11 is 1.35. The zero-order chi connectivity index (χ0) is 15.4. The number of nitrogens with zero attached hydrogens (tertiary/aromatic N) is 3. The highest BCUT2D eigenvalue weighted by Gasteiger charge is 2.22. The first-order valence-electron chi connectivity index (χ1n) is 7.04. The fraction of sp³-hybridized carbons (Fsp3) is 0.643. The van der Waals surface area contributed by atoms with E-state index in [9.17, 15) is 9.59 Å². The summed E-state index contributed by atoms with van der Waals surface area (Å²) in [5.74, 6) is 0.124. The molecule has 1 aromatic heterocycles. The maximum Gasteiger partial charge on any atom is 0.265 e. The maximum atomic E-state index is 12.3. The number of rotatable bonds is 6. The van der Waals surface area contributed by atoms with Crippen LogP contribution >= 0.6 is 11.3 Å². The highest BCUT2D eigenvalue weighted by molar-refractivity contribution is 7.13. The van der Waals surface area contributed by atoms with Crippen molar-refractivity contribution in [2.45, 2.75) is 25.9 Å². The van der Waals surface area contributed by atoms with Crippen molar-refractivity contribution in [1.29, 1.82) is 0 Å². The van der Waals surface area contributed by atoms with Crippen LogP contribution in [0, 0.1) is 0 Å². The minimum absolute atomic E-state index is 0.0614. The Balaban J connectivity index is 1.89. The molecule has 0 spiro atoms. The molecule has 1 aromatic rings. The molecular weight excluding hydrogens is 290 g/mol. The monoisotopic (exact) mass is 311 g/mol. The first kappa shape index (κ1) is 15.9. The summed E-state index contributed by atoms with van der Waals surface area (Å²) < 4.78 is 5.20. The van der Waals surface area contributed by atoms with Gasteiger partial charge < -0.3 is 14.5 Å². The van der Waals surface area contributed by atoms with Crippen LogP contribution in [0.2, 0.25) is 0 Å². The molecule has 2 rings (SSSR count). The molecule has 116 valence electrons. The Kier molecular flexibility index (Phi) is 5.30. The second-order valence-corrected chi connectivity index (χ2v) is 6.21. The number of likely N-dealkylation sites (N-methyl/N-ethyl adjacent to an activating group) is 1. The van der Waals surface area contributed by atoms with Crippen molar-refractivity contribution in [1.82, 2.24) is 14.8 Å². The zero-order valence-corrected chi connectivity index (χ0v) is 13.5. The van der Waals surface area contributed by atoms with Crippen LogP contribution in [0.4, 0.5) is 0 Å². The van der Waals surface area contributed by atoms with E-state index in [1.54, 1.807) is 25.3 Å². The third-order valence-corrected chi connectivity index (χ3v) is 4.81. The predicted molar refractivity (Wildman–Crippen MR) is 80.3 cm³/mol. The molecule has 0 saturated carbocycles. The summed E-state index contributed by atoms with van der Waals surface area (Å²) in [6.45, 7) is 3.84. The van der Waals surface area contributed by atoms with Gasteiger partial charge in [0.15, 0.2) is 0 Å². The summed E-state index contributed by atoms with van der Waals surface area (Å²) in [5, 5.41) is 0.795. The number of aromatic nitrogens is 1. The molecule has 0 N–H and O–H groups in total. The van der Waals surface area contributed by atoms with Crippen LogP contribution < -0.4 is 0 Å². The van der Waals surface area contributed by atoms with Gasteiger partial charge >= 0.3 is 0 Å². The minimum atomic E-state index is -0.107. The molecule has 2 amide bonds. The number of ether oxygens (including phenoxy) is 1. The van der Waals surface area contributed by atoms with Crippen LogP contribution in [0.25, 0.3) is 0 Å². The van der Waals surface area contributed by atoms with Crippen LogP contribution in [0.15, 0.2) is 6.20 Å². The van der Waals surface area contributed by atoms with E-state index in [2.05, 4.69) is 4.98 Å². The quantitative estimate of drug-likeness (QED) is 0.799. The predicted octanol–water partition coefficient (Wildman–Crippen LogP) is 1.54. The van der Waals surface area contributed by atoms with Crippen molar-refractivity contribution in [3.8, 4) is 0 Å². The van der Waals surface area contributed by atoms with Gasteiger partial charge in [0, 0.05) is 40.2 Å². The summed E-state index contributed by atoms with van der Waals surface area (Å²) in [4.78, 5) is 32.1. The molecule has 21 heavy (non-hydrogen) atoms. The van der Waals surface area contributed by atoms with Gasteiger partial charge in [-0.05, 0) is 13.3 Å². The van der Waals surface area contributed by atoms with Crippen molar-refractivity contribution < 1.29 is 14.3 Å². The lowest BCUT2D eigenvalue weighted by Crippen LogP contribution is -2.36. The van der Waals surface area contributed by atoms with Crippen molar-refractivity contribution in [2.24, 2.45) is 0 Å². The van der Waals surface area contributed by atoms with Crippen LogP contribution in [0.5, 0.6) is 0 Å². The number of thiazole rings is 1. The van der Waals surface area contributed by atoms with E-state index in [1.807, 2.05) is 11.8 Å². The van der Waals surface area contributed by atoms with Gasteiger partial charge in [0.2, 0.25) is 5.91 Å². The summed E-state index contributed by atoms with van der Waals surface area (Å²) in [5.41, 5.74) is 0. The van der Waals surface area contributed by atoms with Crippen molar-refractivity contribution in [3.63, 3.8) is 0 Å². The number of likely N-dealkylation sites (tertiary alicyclic amines) is 1. The summed E-state index contributed by atoms with van der Waals surface area (Å²) in [6, 6.07) is 0. The van der Waals surface area contributed by atoms with Gasteiger partial charge in [0.25, 0.3) is 5.91 Å². The molecular formula is C14H21N3O3S. The second kappa shape index (κ2) is 7.00. The van der Waals surface area contributed by atoms with Gasteiger partial charge in [0.05, 0.1) is 6.20 Å². The van der Waals surface area contributed by atoms with E-state index in [0.29, 0.717) is 24.4 Å². The first-order chi connectivity index (χ1) is 10.0. The molecule has 2 heterocycles. The van der Waals surface area contributed by atoms with Crippen LogP contribution in [0.3, 0.4) is 0 Å². The maximum absolute atomic E-state index is 12.3. The topological polar surface area (TPSA) is 62.7 Å². The highest BCUT2D eigenvalue weighted by atomic mass is 32.1. The summed E-state index contributed by atoms with van der Waals surface area (Å²) in [6.07, 6.45) is 3.04. The normalized spacial score (nSPS) is 16.3. The zero-order valence-electron chi connectivity index (χ0n) is 12.7. The molecule has 0 aromatic carbocycles. The third kappa shape index (κ3) is 3.79. The summed E-state index contributed by atoms with van der Waals surface area (Å²) in [7, 11) is 3.37. The second-order valence-electron chi connectivity index (χ2n) is 5.15. The molecule has 1 saturated heterocycles. The van der Waals surface area contributed by atoms with E-state index in [1.165, 1.54) is 11.3 Å². The molecule has 6 nitrogen and oxygen atoms in total. The SMILES string of the molecule is COC(C)c1ncc(C(=O)N(C)CCN2CCCC2=O)s1.